The van der Waals surface area contributed by atoms with Crippen molar-refractivity contribution >= 4 is 0 Å². The molecular weight excluding hydrogens is 178 g/mol. The van der Waals surface area contributed by atoms with Crippen LogP contribution < -0.4 is 4.74 Å². The van der Waals surface area contributed by atoms with Crippen LogP contribution in [0.1, 0.15) is 0 Å². The average molecular weight is 189 g/mol. The fourth-order valence-corrected chi connectivity index (χ4v) is 0.913. The minimum Gasteiger partial charge on any atom is -0.493 e. The number of para-hydroxylation sites is 1. The smallest absolute Gasteiger partial charge is 0.119 e. The first-order valence-corrected chi connectivity index (χ1v) is 4.21. The lowest BCUT2D eigenvalue weighted by Gasteiger charge is -2.08. The largest absolute Gasteiger partial charge is 0.493 e. The standard InChI is InChI=1S/C10H11N3O/c1-2-9(12-13-11)8-14-10-6-4-3-5-7-10/h2-7,9H,1,8H2. The molecule has 14 heavy (non-hydrogen) atoms. The van der Waals surface area contributed by atoms with Gasteiger partial charge in [0, 0.05) is 4.91 Å². The van der Waals surface area contributed by atoms with Gasteiger partial charge in [-0.05, 0) is 17.7 Å². The van der Waals surface area contributed by atoms with E-state index in [9.17, 15) is 0 Å². The Morgan fingerprint density at radius 3 is 2.79 bits per heavy atom. The average Bonchev–Trinajstić information content (AvgIpc) is 2.25. The van der Waals surface area contributed by atoms with Gasteiger partial charge in [-0.3, -0.25) is 0 Å². The zero-order valence-electron chi connectivity index (χ0n) is 7.71. The fraction of sp³-hybridized carbons (Fsp3) is 0.200. The van der Waals surface area contributed by atoms with Gasteiger partial charge in [0.1, 0.15) is 12.4 Å². The van der Waals surface area contributed by atoms with Gasteiger partial charge in [-0.1, -0.05) is 29.4 Å². The molecule has 0 amide bonds. The van der Waals surface area contributed by atoms with Crippen LogP contribution in [0.2, 0.25) is 0 Å². The summed E-state index contributed by atoms with van der Waals surface area (Å²) in [6.07, 6.45) is 1.56. The molecule has 4 nitrogen and oxygen atoms in total. The lowest BCUT2D eigenvalue weighted by Crippen LogP contribution is -2.11. The second kappa shape index (κ2) is 5.67. The summed E-state index contributed by atoms with van der Waals surface area (Å²) in [6, 6.07) is 9.04. The second-order valence-electron chi connectivity index (χ2n) is 2.63. The minimum absolute atomic E-state index is 0.317. The maximum atomic E-state index is 8.22. The third kappa shape index (κ3) is 3.21. The molecule has 1 atom stereocenters. The van der Waals surface area contributed by atoms with Crippen molar-refractivity contribution in [2.75, 3.05) is 6.61 Å². The molecule has 0 saturated carbocycles. The summed E-state index contributed by atoms with van der Waals surface area (Å²) in [5, 5.41) is 3.50. The van der Waals surface area contributed by atoms with Crippen LogP contribution in [0.15, 0.2) is 48.1 Å². The van der Waals surface area contributed by atoms with E-state index in [-0.39, 0.29) is 6.04 Å². The molecule has 4 heteroatoms. The molecule has 1 rings (SSSR count). The van der Waals surface area contributed by atoms with Gasteiger partial charge in [0.25, 0.3) is 0 Å². The summed E-state index contributed by atoms with van der Waals surface area (Å²) in [5.74, 6) is 0.757. The molecule has 0 saturated heterocycles. The monoisotopic (exact) mass is 189 g/mol. The normalized spacial score (nSPS) is 11.1. The highest BCUT2D eigenvalue weighted by Gasteiger charge is 2.01. The number of hydrogen-bond donors (Lipinski definition) is 0. The highest BCUT2D eigenvalue weighted by molar-refractivity contribution is 5.21. The molecule has 0 aromatic heterocycles. The Morgan fingerprint density at radius 1 is 1.50 bits per heavy atom. The van der Waals surface area contributed by atoms with Crippen LogP contribution in [0.3, 0.4) is 0 Å². The van der Waals surface area contributed by atoms with E-state index in [1.165, 1.54) is 0 Å². The Morgan fingerprint density at radius 2 is 2.21 bits per heavy atom. The van der Waals surface area contributed by atoms with Crippen LogP contribution in [0.4, 0.5) is 0 Å². The Balaban J connectivity index is 2.47. The van der Waals surface area contributed by atoms with E-state index >= 15 is 0 Å². The first kappa shape index (κ1) is 10.2. The van der Waals surface area contributed by atoms with Crippen molar-refractivity contribution in [3.05, 3.63) is 53.4 Å². The SMILES string of the molecule is C=CC(COc1ccccc1)N=[N+]=[N-]. The van der Waals surface area contributed by atoms with Gasteiger partial charge >= 0.3 is 0 Å². The second-order valence-corrected chi connectivity index (χ2v) is 2.63. The zero-order chi connectivity index (χ0) is 10.2. The number of hydrogen-bond acceptors (Lipinski definition) is 2. The Bertz CT molecular complexity index is 330. The van der Waals surface area contributed by atoms with Gasteiger partial charge in [-0.2, -0.15) is 0 Å². The van der Waals surface area contributed by atoms with Crippen LogP contribution in [0, 0.1) is 0 Å². The predicted octanol–water partition coefficient (Wildman–Crippen LogP) is 2.93. The van der Waals surface area contributed by atoms with E-state index in [4.69, 9.17) is 10.3 Å². The van der Waals surface area contributed by atoms with Gasteiger partial charge in [-0.25, -0.2) is 0 Å². The number of nitrogens with zero attached hydrogens (tertiary/aromatic N) is 3. The number of ether oxygens (including phenoxy) is 1. The number of rotatable bonds is 5. The molecule has 0 fully saturated rings. The van der Waals surface area contributed by atoms with Crippen molar-refractivity contribution in [1.82, 2.24) is 0 Å². The van der Waals surface area contributed by atoms with Gasteiger partial charge in [-0.15, -0.1) is 6.58 Å². The molecule has 0 N–H and O–H groups in total. The maximum absolute atomic E-state index is 8.22. The van der Waals surface area contributed by atoms with Gasteiger partial charge in [0.05, 0.1) is 6.04 Å². The summed E-state index contributed by atoms with van der Waals surface area (Å²) in [4.78, 5) is 2.69. The summed E-state index contributed by atoms with van der Waals surface area (Å²) in [5.41, 5.74) is 8.22. The lowest BCUT2D eigenvalue weighted by atomic mass is 10.3. The van der Waals surface area contributed by atoms with Crippen molar-refractivity contribution in [2.45, 2.75) is 6.04 Å². The fourth-order valence-electron chi connectivity index (χ4n) is 0.913. The van der Waals surface area contributed by atoms with Crippen LogP contribution in [-0.4, -0.2) is 12.6 Å². The highest BCUT2D eigenvalue weighted by atomic mass is 16.5. The summed E-state index contributed by atoms with van der Waals surface area (Å²) >= 11 is 0. The summed E-state index contributed by atoms with van der Waals surface area (Å²) in [7, 11) is 0. The minimum atomic E-state index is -0.319. The molecule has 1 aromatic rings. The van der Waals surface area contributed by atoms with E-state index in [2.05, 4.69) is 16.6 Å². The van der Waals surface area contributed by atoms with E-state index in [1.54, 1.807) is 6.08 Å². The molecule has 0 aliphatic heterocycles. The third-order valence-corrected chi connectivity index (χ3v) is 1.64. The number of azide groups is 1. The topological polar surface area (TPSA) is 58.0 Å². The van der Waals surface area contributed by atoms with E-state index in [0.717, 1.165) is 5.75 Å². The van der Waals surface area contributed by atoms with Crippen LogP contribution in [-0.2, 0) is 0 Å². The van der Waals surface area contributed by atoms with Crippen molar-refractivity contribution in [1.29, 1.82) is 0 Å². The Labute approximate surface area is 82.4 Å². The summed E-state index contributed by atoms with van der Waals surface area (Å²) in [6.45, 7) is 3.86. The van der Waals surface area contributed by atoms with Crippen molar-refractivity contribution in [3.8, 4) is 5.75 Å². The number of benzene rings is 1. The van der Waals surface area contributed by atoms with Crippen molar-refractivity contribution in [2.24, 2.45) is 5.11 Å². The Hall–Kier alpha value is -1.93. The van der Waals surface area contributed by atoms with Crippen LogP contribution in [0.5, 0.6) is 5.75 Å². The van der Waals surface area contributed by atoms with E-state index in [1.807, 2.05) is 30.3 Å². The molecule has 0 heterocycles. The van der Waals surface area contributed by atoms with Crippen LogP contribution >= 0.6 is 0 Å². The molecule has 1 aromatic carbocycles. The molecular formula is C10H11N3O. The molecule has 0 aliphatic carbocycles. The molecule has 72 valence electrons. The third-order valence-electron chi connectivity index (χ3n) is 1.64. The highest BCUT2D eigenvalue weighted by Crippen LogP contribution is 2.09. The molecule has 0 aliphatic rings. The predicted molar refractivity (Wildman–Crippen MR) is 55.1 cm³/mol. The van der Waals surface area contributed by atoms with Gasteiger partial charge in [0.2, 0.25) is 0 Å². The summed E-state index contributed by atoms with van der Waals surface area (Å²) < 4.78 is 5.38. The maximum Gasteiger partial charge on any atom is 0.119 e. The zero-order valence-corrected chi connectivity index (χ0v) is 7.71. The first-order valence-electron chi connectivity index (χ1n) is 4.21. The van der Waals surface area contributed by atoms with Gasteiger partial charge in [0.15, 0.2) is 0 Å². The molecule has 0 bridgehead atoms. The van der Waals surface area contributed by atoms with Crippen molar-refractivity contribution < 1.29 is 4.74 Å². The van der Waals surface area contributed by atoms with E-state index < -0.39 is 0 Å². The van der Waals surface area contributed by atoms with Crippen LogP contribution in [0.25, 0.3) is 10.4 Å². The Kier molecular flexibility index (Phi) is 4.11. The quantitative estimate of drug-likeness (QED) is 0.304. The molecule has 0 spiro atoms. The molecule has 1 unspecified atom stereocenters. The van der Waals surface area contributed by atoms with Crippen molar-refractivity contribution in [3.63, 3.8) is 0 Å². The van der Waals surface area contributed by atoms with Gasteiger partial charge < -0.3 is 4.74 Å². The van der Waals surface area contributed by atoms with E-state index in [0.29, 0.717) is 6.61 Å². The first-order chi connectivity index (χ1) is 6.86. The molecule has 0 radical (unpaired) electrons. The lowest BCUT2D eigenvalue weighted by molar-refractivity contribution is 0.306.